The van der Waals surface area contributed by atoms with Gasteiger partial charge < -0.3 is 20.1 Å². The summed E-state index contributed by atoms with van der Waals surface area (Å²) in [5.74, 6) is 0. The largest absolute Gasteiger partial charge is 0.395 e. The molecule has 2 N–H and O–H groups in total. The van der Waals surface area contributed by atoms with Crippen LogP contribution in [-0.2, 0) is 4.74 Å². The van der Waals surface area contributed by atoms with Gasteiger partial charge in [0.2, 0.25) is 0 Å². The Morgan fingerprint density at radius 2 is 2.07 bits per heavy atom. The number of nitrogens with one attached hydrogen (secondary N) is 1. The van der Waals surface area contributed by atoms with Crippen molar-refractivity contribution in [3.8, 4) is 0 Å². The predicted octanol–water partition coefficient (Wildman–Crippen LogP) is -0.0733. The van der Waals surface area contributed by atoms with Crippen LogP contribution in [-0.4, -0.2) is 63.6 Å². The lowest BCUT2D eigenvalue weighted by Gasteiger charge is -2.40. The quantitative estimate of drug-likeness (QED) is 0.652. The SMILES string of the molecule is CNCC1(CN(C)CCO)CCOCC1. The van der Waals surface area contributed by atoms with Gasteiger partial charge in [-0.15, -0.1) is 0 Å². The standard InChI is InChI=1S/C11H24N2O2/c1-12-9-11(3-7-15-8-4-11)10-13(2)5-6-14/h12,14H,3-10H2,1-2H3. The number of likely N-dealkylation sites (N-methyl/N-ethyl adjacent to an activating group) is 1. The molecule has 15 heavy (non-hydrogen) atoms. The van der Waals surface area contributed by atoms with Crippen LogP contribution < -0.4 is 5.32 Å². The molecule has 0 amide bonds. The summed E-state index contributed by atoms with van der Waals surface area (Å²) in [6.45, 7) is 4.81. The number of ether oxygens (including phenoxy) is 1. The molecule has 0 aromatic heterocycles. The van der Waals surface area contributed by atoms with Crippen molar-refractivity contribution in [3.63, 3.8) is 0 Å². The first-order chi connectivity index (χ1) is 7.22. The summed E-state index contributed by atoms with van der Waals surface area (Å²) < 4.78 is 5.42. The minimum Gasteiger partial charge on any atom is -0.395 e. The number of hydrogen-bond acceptors (Lipinski definition) is 4. The van der Waals surface area contributed by atoms with Crippen molar-refractivity contribution < 1.29 is 9.84 Å². The van der Waals surface area contributed by atoms with Gasteiger partial charge in [-0.1, -0.05) is 0 Å². The molecule has 4 heteroatoms. The van der Waals surface area contributed by atoms with Crippen LogP contribution in [0.3, 0.4) is 0 Å². The molecule has 0 saturated carbocycles. The van der Waals surface area contributed by atoms with Crippen molar-refractivity contribution in [2.75, 3.05) is 53.6 Å². The maximum Gasteiger partial charge on any atom is 0.0558 e. The van der Waals surface area contributed by atoms with Gasteiger partial charge in [-0.25, -0.2) is 0 Å². The lowest BCUT2D eigenvalue weighted by Crippen LogP contribution is -2.46. The highest BCUT2D eigenvalue weighted by atomic mass is 16.5. The van der Waals surface area contributed by atoms with Crippen LogP contribution in [0.25, 0.3) is 0 Å². The number of aliphatic hydroxyl groups is 1. The van der Waals surface area contributed by atoms with Crippen molar-refractivity contribution >= 4 is 0 Å². The predicted molar refractivity (Wildman–Crippen MR) is 61.0 cm³/mol. The van der Waals surface area contributed by atoms with Gasteiger partial charge in [-0.3, -0.25) is 0 Å². The number of nitrogens with zero attached hydrogens (tertiary/aromatic N) is 1. The van der Waals surface area contributed by atoms with Crippen LogP contribution in [0.2, 0.25) is 0 Å². The van der Waals surface area contributed by atoms with Crippen molar-refractivity contribution in [1.29, 1.82) is 0 Å². The molecule has 90 valence electrons. The average molecular weight is 216 g/mol. The lowest BCUT2D eigenvalue weighted by atomic mass is 9.79. The van der Waals surface area contributed by atoms with Crippen LogP contribution in [0.1, 0.15) is 12.8 Å². The first-order valence-corrected chi connectivity index (χ1v) is 5.74. The molecule has 0 atom stereocenters. The molecule has 1 rings (SSSR count). The minimum absolute atomic E-state index is 0.239. The van der Waals surface area contributed by atoms with Crippen LogP contribution in [0, 0.1) is 5.41 Å². The average Bonchev–Trinajstić information content (AvgIpc) is 2.19. The third-order valence-electron chi connectivity index (χ3n) is 3.19. The van der Waals surface area contributed by atoms with E-state index in [2.05, 4.69) is 17.3 Å². The van der Waals surface area contributed by atoms with E-state index in [1.165, 1.54) is 0 Å². The molecule has 0 aliphatic carbocycles. The van der Waals surface area contributed by atoms with Gasteiger partial charge in [0.25, 0.3) is 0 Å². The molecule has 1 heterocycles. The first kappa shape index (κ1) is 12.9. The topological polar surface area (TPSA) is 44.7 Å². The Bertz CT molecular complexity index is 164. The fourth-order valence-electron chi connectivity index (χ4n) is 2.39. The van der Waals surface area contributed by atoms with Gasteiger partial charge in [0.15, 0.2) is 0 Å². The maximum absolute atomic E-state index is 8.90. The van der Waals surface area contributed by atoms with E-state index in [0.29, 0.717) is 5.41 Å². The van der Waals surface area contributed by atoms with Gasteiger partial charge in [0, 0.05) is 32.8 Å². The molecule has 0 unspecified atom stereocenters. The van der Waals surface area contributed by atoms with Crippen molar-refractivity contribution in [2.24, 2.45) is 5.41 Å². The summed E-state index contributed by atoms with van der Waals surface area (Å²) in [5, 5.41) is 12.2. The van der Waals surface area contributed by atoms with Crippen LogP contribution in [0.5, 0.6) is 0 Å². The van der Waals surface area contributed by atoms with Crippen LogP contribution in [0.15, 0.2) is 0 Å². The molecule has 1 saturated heterocycles. The molecule has 0 aromatic carbocycles. The lowest BCUT2D eigenvalue weighted by molar-refractivity contribution is -0.00135. The number of hydrogen-bond donors (Lipinski definition) is 2. The van der Waals surface area contributed by atoms with E-state index in [0.717, 1.165) is 45.7 Å². The number of rotatable bonds is 6. The fourth-order valence-corrected chi connectivity index (χ4v) is 2.39. The Morgan fingerprint density at radius 3 is 2.60 bits per heavy atom. The van der Waals surface area contributed by atoms with Gasteiger partial charge in [-0.2, -0.15) is 0 Å². The summed E-state index contributed by atoms with van der Waals surface area (Å²) >= 11 is 0. The Labute approximate surface area is 92.6 Å². The Morgan fingerprint density at radius 1 is 1.40 bits per heavy atom. The molecule has 4 nitrogen and oxygen atoms in total. The van der Waals surface area contributed by atoms with Gasteiger partial charge >= 0.3 is 0 Å². The third kappa shape index (κ3) is 4.07. The zero-order valence-corrected chi connectivity index (χ0v) is 9.96. The monoisotopic (exact) mass is 216 g/mol. The van der Waals surface area contributed by atoms with E-state index in [9.17, 15) is 0 Å². The van der Waals surface area contributed by atoms with Crippen molar-refractivity contribution in [3.05, 3.63) is 0 Å². The highest BCUT2D eigenvalue weighted by molar-refractivity contribution is 4.86. The molecule has 1 aliphatic rings. The molecule has 0 bridgehead atoms. The molecule has 1 fully saturated rings. The summed E-state index contributed by atoms with van der Waals surface area (Å²) in [4.78, 5) is 2.21. The molecule has 0 radical (unpaired) electrons. The van der Waals surface area contributed by atoms with E-state index in [4.69, 9.17) is 9.84 Å². The first-order valence-electron chi connectivity index (χ1n) is 5.74. The molecule has 0 spiro atoms. The van der Waals surface area contributed by atoms with E-state index < -0.39 is 0 Å². The molecule has 1 aliphatic heterocycles. The summed E-state index contributed by atoms with van der Waals surface area (Å²) in [6.07, 6.45) is 2.23. The zero-order valence-electron chi connectivity index (χ0n) is 9.96. The van der Waals surface area contributed by atoms with Crippen molar-refractivity contribution in [1.82, 2.24) is 10.2 Å². The van der Waals surface area contributed by atoms with E-state index in [-0.39, 0.29) is 6.61 Å². The van der Waals surface area contributed by atoms with E-state index in [1.54, 1.807) is 0 Å². The summed E-state index contributed by atoms with van der Waals surface area (Å²) in [6, 6.07) is 0. The van der Waals surface area contributed by atoms with Crippen molar-refractivity contribution in [2.45, 2.75) is 12.8 Å². The Hall–Kier alpha value is -0.160. The minimum atomic E-state index is 0.239. The summed E-state index contributed by atoms with van der Waals surface area (Å²) in [5.41, 5.74) is 0.330. The van der Waals surface area contributed by atoms with Crippen LogP contribution in [0.4, 0.5) is 0 Å². The highest BCUT2D eigenvalue weighted by Gasteiger charge is 2.32. The maximum atomic E-state index is 8.90. The zero-order chi connectivity index (χ0) is 11.1. The van der Waals surface area contributed by atoms with Gasteiger partial charge in [0.1, 0.15) is 0 Å². The highest BCUT2D eigenvalue weighted by Crippen LogP contribution is 2.30. The Balaban J connectivity index is 2.47. The molecule has 0 aromatic rings. The smallest absolute Gasteiger partial charge is 0.0558 e. The second-order valence-electron chi connectivity index (χ2n) is 4.60. The number of aliphatic hydroxyl groups excluding tert-OH is 1. The van der Waals surface area contributed by atoms with E-state index in [1.807, 2.05) is 7.05 Å². The second-order valence-corrected chi connectivity index (χ2v) is 4.60. The molecular weight excluding hydrogens is 192 g/mol. The van der Waals surface area contributed by atoms with Gasteiger partial charge in [-0.05, 0) is 32.4 Å². The second kappa shape index (κ2) is 6.43. The summed E-state index contributed by atoms with van der Waals surface area (Å²) in [7, 11) is 4.08. The van der Waals surface area contributed by atoms with Crippen LogP contribution >= 0.6 is 0 Å². The third-order valence-corrected chi connectivity index (χ3v) is 3.19. The van der Waals surface area contributed by atoms with E-state index >= 15 is 0 Å². The Kier molecular flexibility index (Phi) is 5.53. The fraction of sp³-hybridized carbons (Fsp3) is 1.00. The van der Waals surface area contributed by atoms with Gasteiger partial charge in [0.05, 0.1) is 6.61 Å². The normalized spacial score (nSPS) is 20.8. The molecular formula is C11H24N2O2.